The number of fused-ring (bicyclic) bond motifs is 2. The number of amides is 1. The molecule has 1 amide bonds. The van der Waals surface area contributed by atoms with Gasteiger partial charge in [-0.2, -0.15) is 0 Å². The molecule has 2 heterocycles. The lowest BCUT2D eigenvalue weighted by molar-refractivity contribution is -0.857. The number of ether oxygens (including phenoxy) is 2. The first-order valence-corrected chi connectivity index (χ1v) is 12.4. The predicted octanol–water partition coefficient (Wildman–Crippen LogP) is 3.38. The number of quaternary nitrogens is 1. The molecule has 0 saturated heterocycles. The summed E-state index contributed by atoms with van der Waals surface area (Å²) < 4.78 is 17.7. The zero-order valence-corrected chi connectivity index (χ0v) is 21.5. The third-order valence-corrected chi connectivity index (χ3v) is 6.74. The van der Waals surface area contributed by atoms with Crippen LogP contribution in [0.1, 0.15) is 38.9 Å². The summed E-state index contributed by atoms with van der Waals surface area (Å²) in [5, 5.41) is 0.462. The molecule has 0 radical (unpaired) electrons. The first-order valence-electron chi connectivity index (χ1n) is 12.4. The van der Waals surface area contributed by atoms with Crippen LogP contribution in [0.5, 0.6) is 11.5 Å². The monoisotopic (exact) mass is 499 g/mol. The van der Waals surface area contributed by atoms with Crippen molar-refractivity contribution in [1.29, 1.82) is 0 Å². The molecule has 190 valence electrons. The van der Waals surface area contributed by atoms with Crippen molar-refractivity contribution >= 4 is 16.9 Å². The molecule has 0 bridgehead atoms. The fourth-order valence-electron chi connectivity index (χ4n) is 4.71. The first kappa shape index (κ1) is 24.6. The molecule has 0 saturated carbocycles. The summed E-state index contributed by atoms with van der Waals surface area (Å²) >= 11 is 0. The van der Waals surface area contributed by atoms with Crippen molar-refractivity contribution in [3.8, 4) is 11.5 Å². The molecule has 0 aliphatic carbocycles. The van der Waals surface area contributed by atoms with Crippen molar-refractivity contribution in [3.63, 3.8) is 0 Å². The Kier molecular flexibility index (Phi) is 6.72. The highest BCUT2D eigenvalue weighted by Crippen LogP contribution is 2.40. The van der Waals surface area contributed by atoms with E-state index in [1.165, 1.54) is 10.5 Å². The van der Waals surface area contributed by atoms with Gasteiger partial charge in [-0.25, -0.2) is 0 Å². The highest BCUT2D eigenvalue weighted by atomic mass is 16.5. The minimum atomic E-state index is -0.581. The molecule has 1 atom stereocenters. The van der Waals surface area contributed by atoms with Gasteiger partial charge in [-0.15, -0.1) is 0 Å². The lowest BCUT2D eigenvalue weighted by Gasteiger charge is -2.26. The molecule has 1 N–H and O–H groups in total. The van der Waals surface area contributed by atoms with Crippen molar-refractivity contribution in [2.75, 3.05) is 34.3 Å². The van der Waals surface area contributed by atoms with E-state index in [1.807, 2.05) is 63.5 Å². The second-order valence-electron chi connectivity index (χ2n) is 9.71. The second-order valence-corrected chi connectivity index (χ2v) is 9.71. The maximum absolute atomic E-state index is 13.6. The Balaban J connectivity index is 1.55. The Labute approximate surface area is 215 Å². The zero-order chi connectivity index (χ0) is 26.1. The van der Waals surface area contributed by atoms with Crippen LogP contribution in [0.4, 0.5) is 0 Å². The molecule has 3 aromatic carbocycles. The number of nitrogens with one attached hydrogen (secondary N) is 1. The normalized spacial score (nSPS) is 14.9. The van der Waals surface area contributed by atoms with E-state index in [2.05, 4.69) is 0 Å². The van der Waals surface area contributed by atoms with Gasteiger partial charge in [0.25, 0.3) is 5.91 Å². The van der Waals surface area contributed by atoms with Gasteiger partial charge in [0.05, 0.1) is 51.3 Å². The smallest absolute Gasteiger partial charge is 0.291 e. The Morgan fingerprint density at radius 1 is 0.973 bits per heavy atom. The van der Waals surface area contributed by atoms with E-state index in [4.69, 9.17) is 13.9 Å². The number of nitrogens with zero attached hydrogens (tertiary/aromatic N) is 1. The number of carbonyl (C=O) groups excluding carboxylic acids is 1. The van der Waals surface area contributed by atoms with Gasteiger partial charge in [-0.3, -0.25) is 9.59 Å². The fraction of sp³-hybridized carbons (Fsp3) is 0.267. The van der Waals surface area contributed by atoms with E-state index in [1.54, 1.807) is 36.3 Å². The summed E-state index contributed by atoms with van der Waals surface area (Å²) in [6, 6.07) is 20.2. The van der Waals surface area contributed by atoms with E-state index in [-0.39, 0.29) is 17.1 Å². The summed E-state index contributed by atoms with van der Waals surface area (Å²) in [7, 11) is 5.65. The molecule has 0 unspecified atom stereocenters. The highest BCUT2D eigenvalue weighted by Gasteiger charge is 2.43. The topological polar surface area (TPSA) is 73.4 Å². The molecule has 0 spiro atoms. The molecule has 1 aliphatic heterocycles. The third kappa shape index (κ3) is 4.70. The van der Waals surface area contributed by atoms with Gasteiger partial charge in [0.1, 0.15) is 12.2 Å². The number of rotatable bonds is 8. The van der Waals surface area contributed by atoms with Crippen LogP contribution in [-0.4, -0.2) is 45.1 Å². The number of likely N-dealkylation sites (N-methyl/N-ethyl adjacent to an activating group) is 1. The van der Waals surface area contributed by atoms with Crippen LogP contribution in [0.15, 0.2) is 75.9 Å². The van der Waals surface area contributed by atoms with Crippen molar-refractivity contribution in [2.24, 2.45) is 0 Å². The fourth-order valence-corrected chi connectivity index (χ4v) is 4.71. The number of para-hydroxylation sites is 1. The van der Waals surface area contributed by atoms with Gasteiger partial charge in [0, 0.05) is 0 Å². The summed E-state index contributed by atoms with van der Waals surface area (Å²) in [5.74, 6) is 0.962. The predicted molar refractivity (Wildman–Crippen MR) is 142 cm³/mol. The maximum Gasteiger partial charge on any atom is 0.291 e. The van der Waals surface area contributed by atoms with E-state index in [9.17, 15) is 9.59 Å². The Bertz CT molecular complexity index is 1510. The summed E-state index contributed by atoms with van der Waals surface area (Å²) in [5.41, 5.74) is 3.60. The molecule has 0 fully saturated rings. The van der Waals surface area contributed by atoms with Crippen LogP contribution < -0.4 is 19.8 Å². The molecule has 1 aromatic heterocycles. The van der Waals surface area contributed by atoms with Crippen LogP contribution in [0.2, 0.25) is 0 Å². The molecule has 5 rings (SSSR count). The highest BCUT2D eigenvalue weighted by molar-refractivity contribution is 5.99. The third-order valence-electron chi connectivity index (χ3n) is 6.74. The Morgan fingerprint density at radius 3 is 2.46 bits per heavy atom. The molecule has 37 heavy (non-hydrogen) atoms. The summed E-state index contributed by atoms with van der Waals surface area (Å²) in [4.78, 5) is 30.1. The summed E-state index contributed by atoms with van der Waals surface area (Å²) in [6.07, 6.45) is 0. The number of aryl methyl sites for hydroxylation is 1. The van der Waals surface area contributed by atoms with E-state index >= 15 is 0 Å². The number of carbonyl (C=O) groups is 1. The molecular weight excluding hydrogens is 468 g/mol. The summed E-state index contributed by atoms with van der Waals surface area (Å²) in [6.45, 7) is 3.64. The van der Waals surface area contributed by atoms with Gasteiger partial charge >= 0.3 is 0 Å². The molecule has 7 heteroatoms. The average Bonchev–Trinajstić information content (AvgIpc) is 3.18. The van der Waals surface area contributed by atoms with E-state index in [0.717, 1.165) is 17.7 Å². The van der Waals surface area contributed by atoms with Crippen LogP contribution >= 0.6 is 0 Å². The SMILES string of the molecule is COc1cc([C@@H]2c3c(oc4ccccc4c3=O)C(=O)N2CC[NH+](C)C)ccc1OCc1ccc(C)cc1. The van der Waals surface area contributed by atoms with Gasteiger partial charge in [-0.1, -0.05) is 48.0 Å². The number of hydrogen-bond donors (Lipinski definition) is 1. The number of benzene rings is 3. The largest absolute Gasteiger partial charge is 0.493 e. The average molecular weight is 500 g/mol. The van der Waals surface area contributed by atoms with Crippen molar-refractivity contribution in [3.05, 3.63) is 105 Å². The van der Waals surface area contributed by atoms with Crippen molar-refractivity contribution < 1.29 is 23.6 Å². The van der Waals surface area contributed by atoms with Crippen LogP contribution in [0.3, 0.4) is 0 Å². The van der Waals surface area contributed by atoms with Gasteiger partial charge < -0.3 is 23.7 Å². The molecular formula is C30H31N2O5+. The minimum absolute atomic E-state index is 0.112. The van der Waals surface area contributed by atoms with E-state index in [0.29, 0.717) is 41.2 Å². The van der Waals surface area contributed by atoms with Crippen molar-refractivity contribution in [1.82, 2.24) is 4.90 Å². The number of hydrogen-bond acceptors (Lipinski definition) is 5. The van der Waals surface area contributed by atoms with Gasteiger partial charge in [0.15, 0.2) is 16.9 Å². The maximum atomic E-state index is 13.6. The quantitative estimate of drug-likeness (QED) is 0.403. The van der Waals surface area contributed by atoms with Crippen LogP contribution in [-0.2, 0) is 6.61 Å². The standard InChI is InChI=1S/C30H30N2O5/c1-19-9-11-20(12-10-19)18-36-24-14-13-21(17-25(24)35-4)27-26-28(33)22-7-5-6-8-23(22)37-29(26)30(34)32(27)16-15-31(2)3/h5-14,17,27H,15-16,18H2,1-4H3/p+1/t27-/m1/s1. The van der Waals surface area contributed by atoms with Crippen molar-refractivity contribution in [2.45, 2.75) is 19.6 Å². The van der Waals surface area contributed by atoms with Crippen LogP contribution in [0.25, 0.3) is 11.0 Å². The number of methoxy groups -OCH3 is 1. The minimum Gasteiger partial charge on any atom is -0.493 e. The molecule has 7 nitrogen and oxygen atoms in total. The second kappa shape index (κ2) is 10.1. The van der Waals surface area contributed by atoms with Gasteiger partial charge in [-0.05, 0) is 42.3 Å². The lowest BCUT2D eigenvalue weighted by Crippen LogP contribution is -3.06. The Morgan fingerprint density at radius 2 is 1.73 bits per heavy atom. The zero-order valence-electron chi connectivity index (χ0n) is 21.5. The van der Waals surface area contributed by atoms with Gasteiger partial charge in [0.2, 0.25) is 5.76 Å². The lowest BCUT2D eigenvalue weighted by atomic mass is 9.98. The van der Waals surface area contributed by atoms with Crippen LogP contribution in [0, 0.1) is 6.92 Å². The molecule has 1 aliphatic rings. The van der Waals surface area contributed by atoms with E-state index < -0.39 is 6.04 Å². The Hall–Kier alpha value is -4.10. The first-order chi connectivity index (χ1) is 17.9. The molecule has 4 aromatic rings.